The second-order valence-electron chi connectivity index (χ2n) is 3.04. The van der Waals surface area contributed by atoms with Crippen LogP contribution >= 0.6 is 0 Å². The van der Waals surface area contributed by atoms with Gasteiger partial charge < -0.3 is 4.74 Å². The summed E-state index contributed by atoms with van der Waals surface area (Å²) in [5.41, 5.74) is 3.54. The minimum Gasteiger partial charge on any atom is -0.482 e. The lowest BCUT2D eigenvalue weighted by molar-refractivity contribution is 0.463. The van der Waals surface area contributed by atoms with E-state index in [9.17, 15) is 0 Å². The van der Waals surface area contributed by atoms with E-state index in [0.29, 0.717) is 0 Å². The SMILES string of the molecule is [CH]Oc1c(C)cc(C)cc1CC. The molecule has 0 aliphatic heterocycles. The summed E-state index contributed by atoms with van der Waals surface area (Å²) in [6.07, 6.45) is 0.953. The summed E-state index contributed by atoms with van der Waals surface area (Å²) in [5, 5.41) is 0. The molecule has 1 rings (SSSR count). The highest BCUT2D eigenvalue weighted by Crippen LogP contribution is 2.25. The minimum absolute atomic E-state index is 0.822. The number of aryl methyl sites for hydroxylation is 3. The second-order valence-corrected chi connectivity index (χ2v) is 3.04. The molecule has 0 unspecified atom stereocenters. The predicted octanol–water partition coefficient (Wildman–Crippen LogP) is 2.91. The summed E-state index contributed by atoms with van der Waals surface area (Å²) in [6, 6.07) is 4.18. The molecule has 0 saturated heterocycles. The predicted molar refractivity (Wildman–Crippen MR) is 50.2 cm³/mol. The number of benzene rings is 1. The van der Waals surface area contributed by atoms with E-state index >= 15 is 0 Å². The Bertz CT molecular complexity index is 277. The van der Waals surface area contributed by atoms with Crippen LogP contribution in [0.25, 0.3) is 0 Å². The van der Waals surface area contributed by atoms with Gasteiger partial charge in [0, 0.05) is 0 Å². The molecule has 1 aromatic carbocycles. The Morgan fingerprint density at radius 3 is 2.50 bits per heavy atom. The Morgan fingerprint density at radius 2 is 2.00 bits per heavy atom. The van der Waals surface area contributed by atoms with Crippen molar-refractivity contribution in [2.45, 2.75) is 27.2 Å². The van der Waals surface area contributed by atoms with E-state index in [2.05, 4.69) is 26.0 Å². The molecule has 0 heterocycles. The summed E-state index contributed by atoms with van der Waals surface area (Å²) >= 11 is 0. The Hall–Kier alpha value is -0.980. The summed E-state index contributed by atoms with van der Waals surface area (Å²) < 4.78 is 4.82. The topological polar surface area (TPSA) is 9.23 Å². The lowest BCUT2D eigenvalue weighted by atomic mass is 10.0. The van der Waals surface area contributed by atoms with E-state index in [-0.39, 0.29) is 0 Å². The average Bonchev–Trinajstić information content (AvgIpc) is 2.03. The van der Waals surface area contributed by atoms with Crippen molar-refractivity contribution in [3.63, 3.8) is 0 Å². The maximum absolute atomic E-state index is 5.18. The van der Waals surface area contributed by atoms with Crippen molar-refractivity contribution in [3.8, 4) is 5.75 Å². The molecule has 64 valence electrons. The number of hydrogen-bond donors (Lipinski definition) is 0. The van der Waals surface area contributed by atoms with Gasteiger partial charge in [-0.25, -0.2) is 0 Å². The largest absolute Gasteiger partial charge is 0.482 e. The van der Waals surface area contributed by atoms with Gasteiger partial charge in [0.05, 0.1) is 0 Å². The third-order valence-electron chi connectivity index (χ3n) is 1.99. The maximum Gasteiger partial charge on any atom is 0.180 e. The molecule has 1 aromatic rings. The molecule has 0 fully saturated rings. The van der Waals surface area contributed by atoms with Crippen LogP contribution in [0.1, 0.15) is 23.6 Å². The molecule has 1 heteroatoms. The third-order valence-corrected chi connectivity index (χ3v) is 1.99. The lowest BCUT2D eigenvalue weighted by Gasteiger charge is -2.10. The first-order valence-electron chi connectivity index (χ1n) is 4.16. The van der Waals surface area contributed by atoms with Gasteiger partial charge in [-0.3, -0.25) is 0 Å². The van der Waals surface area contributed by atoms with Gasteiger partial charge in [0.15, 0.2) is 7.11 Å². The molecule has 0 aliphatic carbocycles. The van der Waals surface area contributed by atoms with Crippen LogP contribution in [0.2, 0.25) is 0 Å². The van der Waals surface area contributed by atoms with Crippen LogP contribution in [-0.2, 0) is 6.42 Å². The molecule has 0 saturated carbocycles. The van der Waals surface area contributed by atoms with Crippen LogP contribution in [0.3, 0.4) is 0 Å². The minimum atomic E-state index is 0.822. The highest BCUT2D eigenvalue weighted by Gasteiger charge is 2.04. The van der Waals surface area contributed by atoms with E-state index in [0.717, 1.165) is 17.7 Å². The summed E-state index contributed by atoms with van der Waals surface area (Å²) in [7, 11) is 5.18. The van der Waals surface area contributed by atoms with Crippen LogP contribution in [0.15, 0.2) is 12.1 Å². The molecular weight excluding hydrogens is 148 g/mol. The first kappa shape index (κ1) is 9.11. The standard InChI is InChI=1S/C11H14O/c1-5-10-7-8(2)6-9(3)11(10)12-4/h4,6-7H,5H2,1-3H3. The monoisotopic (exact) mass is 162 g/mol. The molecule has 0 atom stereocenters. The van der Waals surface area contributed by atoms with Crippen molar-refractivity contribution in [1.29, 1.82) is 0 Å². The van der Waals surface area contributed by atoms with Crippen LogP contribution < -0.4 is 4.74 Å². The van der Waals surface area contributed by atoms with Crippen molar-refractivity contribution in [3.05, 3.63) is 35.9 Å². The van der Waals surface area contributed by atoms with Gasteiger partial charge >= 0.3 is 0 Å². The molecule has 2 radical (unpaired) electrons. The lowest BCUT2D eigenvalue weighted by Crippen LogP contribution is -1.92. The third kappa shape index (κ3) is 1.60. The molecule has 0 N–H and O–H groups in total. The van der Waals surface area contributed by atoms with Crippen LogP contribution in [0, 0.1) is 21.0 Å². The van der Waals surface area contributed by atoms with Crippen molar-refractivity contribution >= 4 is 0 Å². The van der Waals surface area contributed by atoms with E-state index < -0.39 is 0 Å². The van der Waals surface area contributed by atoms with Crippen LogP contribution in [0.5, 0.6) is 5.75 Å². The molecule has 0 aliphatic rings. The molecule has 0 amide bonds. The first-order chi connectivity index (χ1) is 5.69. The van der Waals surface area contributed by atoms with Crippen LogP contribution in [-0.4, -0.2) is 0 Å². The number of ether oxygens (including phenoxy) is 1. The van der Waals surface area contributed by atoms with Crippen LogP contribution in [0.4, 0.5) is 0 Å². The fraction of sp³-hybridized carbons (Fsp3) is 0.364. The Balaban J connectivity index is 3.24. The zero-order valence-electron chi connectivity index (χ0n) is 7.85. The highest BCUT2D eigenvalue weighted by atomic mass is 16.5. The molecule has 0 spiro atoms. The van der Waals surface area contributed by atoms with Gasteiger partial charge in [-0.1, -0.05) is 24.6 Å². The fourth-order valence-electron chi connectivity index (χ4n) is 1.47. The summed E-state index contributed by atoms with van der Waals surface area (Å²) in [5.74, 6) is 0.822. The quantitative estimate of drug-likeness (QED) is 0.649. The zero-order chi connectivity index (χ0) is 9.14. The second kappa shape index (κ2) is 3.61. The molecule has 12 heavy (non-hydrogen) atoms. The van der Waals surface area contributed by atoms with Gasteiger partial charge in [-0.2, -0.15) is 0 Å². The van der Waals surface area contributed by atoms with Gasteiger partial charge in [0.2, 0.25) is 0 Å². The van der Waals surface area contributed by atoms with E-state index in [4.69, 9.17) is 11.8 Å². The zero-order valence-corrected chi connectivity index (χ0v) is 7.85. The van der Waals surface area contributed by atoms with Gasteiger partial charge in [0.1, 0.15) is 5.75 Å². The molecule has 0 bridgehead atoms. The summed E-state index contributed by atoms with van der Waals surface area (Å²) in [6.45, 7) is 6.18. The Labute approximate surface area is 74.4 Å². The molecule has 0 aromatic heterocycles. The number of hydrogen-bond acceptors (Lipinski definition) is 1. The Kier molecular flexibility index (Phi) is 2.74. The molecule has 1 nitrogen and oxygen atoms in total. The van der Waals surface area contributed by atoms with Gasteiger partial charge in [-0.15, -0.1) is 0 Å². The van der Waals surface area contributed by atoms with E-state index in [1.165, 1.54) is 11.1 Å². The van der Waals surface area contributed by atoms with E-state index in [1.54, 1.807) is 0 Å². The maximum atomic E-state index is 5.18. The number of rotatable bonds is 2. The van der Waals surface area contributed by atoms with E-state index in [1.807, 2.05) is 6.92 Å². The van der Waals surface area contributed by atoms with Gasteiger partial charge in [0.25, 0.3) is 0 Å². The van der Waals surface area contributed by atoms with Crippen molar-refractivity contribution in [2.75, 3.05) is 0 Å². The first-order valence-corrected chi connectivity index (χ1v) is 4.16. The van der Waals surface area contributed by atoms with Gasteiger partial charge in [-0.05, 0) is 31.4 Å². The smallest absolute Gasteiger partial charge is 0.180 e. The van der Waals surface area contributed by atoms with Crippen molar-refractivity contribution < 1.29 is 4.74 Å². The van der Waals surface area contributed by atoms with Crippen molar-refractivity contribution in [2.24, 2.45) is 0 Å². The van der Waals surface area contributed by atoms with Crippen molar-refractivity contribution in [1.82, 2.24) is 0 Å². The molecular formula is C11H14O. The highest BCUT2D eigenvalue weighted by molar-refractivity contribution is 5.43. The average molecular weight is 162 g/mol. The normalized spacial score (nSPS) is 10.0. The Morgan fingerprint density at radius 1 is 1.33 bits per heavy atom. The fourth-order valence-corrected chi connectivity index (χ4v) is 1.47. The summed E-state index contributed by atoms with van der Waals surface area (Å²) in [4.78, 5) is 0.